The lowest BCUT2D eigenvalue weighted by Gasteiger charge is -2.04. The standard InChI is InChI=1S/C10H13N5OS/c1-2-16-6-8-14-7(11)5-9(15-8)17-10-12-3-4-13-10/h3-5H,2,6H2,1H3,(H,12,13)(H2,11,14,15). The molecule has 3 N–H and O–H groups in total. The molecule has 2 rings (SSSR count). The molecule has 2 aromatic heterocycles. The fourth-order valence-electron chi connectivity index (χ4n) is 1.21. The van der Waals surface area contributed by atoms with Crippen LogP contribution in [-0.4, -0.2) is 26.5 Å². The summed E-state index contributed by atoms with van der Waals surface area (Å²) in [7, 11) is 0. The monoisotopic (exact) mass is 251 g/mol. The van der Waals surface area contributed by atoms with Gasteiger partial charge in [-0.1, -0.05) is 0 Å². The van der Waals surface area contributed by atoms with E-state index >= 15 is 0 Å². The number of nitrogen functional groups attached to an aromatic ring is 1. The van der Waals surface area contributed by atoms with Crippen molar-refractivity contribution in [1.82, 2.24) is 19.9 Å². The van der Waals surface area contributed by atoms with Crippen molar-refractivity contribution in [3.63, 3.8) is 0 Å². The minimum atomic E-state index is 0.368. The Labute approximate surface area is 103 Å². The summed E-state index contributed by atoms with van der Waals surface area (Å²) in [6.45, 7) is 2.91. The lowest BCUT2D eigenvalue weighted by Crippen LogP contribution is -2.03. The number of nitrogens with zero attached hydrogens (tertiary/aromatic N) is 3. The van der Waals surface area contributed by atoms with E-state index in [9.17, 15) is 0 Å². The first-order chi connectivity index (χ1) is 8.28. The van der Waals surface area contributed by atoms with E-state index in [0.717, 1.165) is 10.2 Å². The SMILES string of the molecule is CCOCc1nc(N)cc(Sc2ncc[nH]2)n1. The second-order valence-corrected chi connectivity index (χ2v) is 4.19. The fraction of sp³-hybridized carbons (Fsp3) is 0.300. The maximum atomic E-state index is 5.71. The summed E-state index contributed by atoms with van der Waals surface area (Å²) >= 11 is 1.40. The summed E-state index contributed by atoms with van der Waals surface area (Å²) in [4.78, 5) is 15.5. The van der Waals surface area contributed by atoms with E-state index in [1.807, 2.05) is 6.92 Å². The Kier molecular flexibility index (Phi) is 3.94. The molecule has 6 nitrogen and oxygen atoms in total. The zero-order valence-corrected chi connectivity index (χ0v) is 10.2. The highest BCUT2D eigenvalue weighted by Crippen LogP contribution is 2.23. The molecule has 7 heteroatoms. The number of ether oxygens (including phenoxy) is 1. The van der Waals surface area contributed by atoms with Gasteiger partial charge in [0.05, 0.1) is 0 Å². The normalized spacial score (nSPS) is 10.6. The molecule has 17 heavy (non-hydrogen) atoms. The van der Waals surface area contributed by atoms with Crippen LogP contribution in [0.5, 0.6) is 0 Å². The lowest BCUT2D eigenvalue weighted by atomic mass is 10.5. The van der Waals surface area contributed by atoms with Crippen molar-refractivity contribution < 1.29 is 4.74 Å². The van der Waals surface area contributed by atoms with Crippen LogP contribution in [0.4, 0.5) is 5.82 Å². The summed E-state index contributed by atoms with van der Waals surface area (Å²) in [6.07, 6.45) is 3.45. The molecule has 0 bridgehead atoms. The van der Waals surface area contributed by atoms with Gasteiger partial charge in [-0.3, -0.25) is 0 Å². The molecular formula is C10H13N5OS. The van der Waals surface area contributed by atoms with E-state index in [1.54, 1.807) is 18.5 Å². The Bertz CT molecular complexity index is 474. The smallest absolute Gasteiger partial charge is 0.171 e. The fourth-order valence-corrected chi connectivity index (χ4v) is 1.98. The number of imidazole rings is 1. The second kappa shape index (κ2) is 5.65. The van der Waals surface area contributed by atoms with Crippen molar-refractivity contribution >= 4 is 17.6 Å². The molecule has 0 saturated heterocycles. The van der Waals surface area contributed by atoms with Crippen LogP contribution in [0.15, 0.2) is 28.6 Å². The summed E-state index contributed by atoms with van der Waals surface area (Å²) in [5.41, 5.74) is 5.71. The highest BCUT2D eigenvalue weighted by Gasteiger charge is 2.06. The van der Waals surface area contributed by atoms with Gasteiger partial charge in [0.25, 0.3) is 0 Å². The molecule has 0 aliphatic carbocycles. The van der Waals surface area contributed by atoms with Gasteiger partial charge in [0.2, 0.25) is 0 Å². The van der Waals surface area contributed by atoms with Crippen LogP contribution >= 0.6 is 11.8 Å². The summed E-state index contributed by atoms with van der Waals surface area (Å²) in [5, 5.41) is 1.52. The molecular weight excluding hydrogens is 238 g/mol. The van der Waals surface area contributed by atoms with Gasteiger partial charge in [0.15, 0.2) is 11.0 Å². The van der Waals surface area contributed by atoms with Gasteiger partial charge in [0.1, 0.15) is 17.5 Å². The summed E-state index contributed by atoms with van der Waals surface area (Å²) in [5.74, 6) is 1.02. The molecule has 0 saturated carbocycles. The van der Waals surface area contributed by atoms with Crippen molar-refractivity contribution in [2.75, 3.05) is 12.3 Å². The van der Waals surface area contributed by atoms with Gasteiger partial charge in [-0.25, -0.2) is 15.0 Å². The molecule has 0 aliphatic heterocycles. The third-order valence-corrected chi connectivity index (χ3v) is 2.71. The van der Waals surface area contributed by atoms with Gasteiger partial charge in [-0.2, -0.15) is 0 Å². The summed E-state index contributed by atoms with van der Waals surface area (Å²) < 4.78 is 5.25. The Morgan fingerprint density at radius 3 is 3.06 bits per heavy atom. The minimum absolute atomic E-state index is 0.368. The number of hydrogen-bond acceptors (Lipinski definition) is 6. The van der Waals surface area contributed by atoms with Crippen molar-refractivity contribution in [2.45, 2.75) is 23.7 Å². The van der Waals surface area contributed by atoms with Crippen LogP contribution in [0.1, 0.15) is 12.7 Å². The van der Waals surface area contributed by atoms with E-state index in [-0.39, 0.29) is 0 Å². The van der Waals surface area contributed by atoms with Crippen molar-refractivity contribution in [3.8, 4) is 0 Å². The van der Waals surface area contributed by atoms with Crippen LogP contribution in [0, 0.1) is 0 Å². The van der Waals surface area contributed by atoms with Crippen molar-refractivity contribution in [2.24, 2.45) is 0 Å². The Morgan fingerprint density at radius 1 is 1.47 bits per heavy atom. The second-order valence-electron chi connectivity index (χ2n) is 3.18. The highest BCUT2D eigenvalue weighted by atomic mass is 32.2. The average Bonchev–Trinajstić information content (AvgIpc) is 2.78. The molecule has 0 spiro atoms. The first-order valence-electron chi connectivity index (χ1n) is 5.16. The number of aromatic nitrogens is 4. The summed E-state index contributed by atoms with van der Waals surface area (Å²) in [6, 6.07) is 1.71. The lowest BCUT2D eigenvalue weighted by molar-refractivity contribution is 0.128. The number of aromatic amines is 1. The molecule has 2 aromatic rings. The average molecular weight is 251 g/mol. The zero-order valence-electron chi connectivity index (χ0n) is 9.38. The maximum absolute atomic E-state index is 5.71. The van der Waals surface area contributed by atoms with E-state index in [0.29, 0.717) is 24.9 Å². The minimum Gasteiger partial charge on any atom is -0.384 e. The maximum Gasteiger partial charge on any atom is 0.171 e. The zero-order chi connectivity index (χ0) is 12.1. The van der Waals surface area contributed by atoms with Crippen molar-refractivity contribution in [1.29, 1.82) is 0 Å². The topological polar surface area (TPSA) is 89.7 Å². The van der Waals surface area contributed by atoms with Crippen molar-refractivity contribution in [3.05, 3.63) is 24.3 Å². The molecule has 0 atom stereocenters. The molecule has 0 amide bonds. The number of rotatable bonds is 5. The predicted molar refractivity (Wildman–Crippen MR) is 64.5 cm³/mol. The number of hydrogen-bond donors (Lipinski definition) is 2. The van der Waals surface area contributed by atoms with Gasteiger partial charge in [-0.05, 0) is 18.7 Å². The van der Waals surface area contributed by atoms with Gasteiger partial charge in [-0.15, -0.1) is 0 Å². The van der Waals surface area contributed by atoms with Gasteiger partial charge in [0, 0.05) is 25.1 Å². The van der Waals surface area contributed by atoms with E-state index in [4.69, 9.17) is 10.5 Å². The quantitative estimate of drug-likeness (QED) is 0.782. The third-order valence-electron chi connectivity index (χ3n) is 1.88. The van der Waals surface area contributed by atoms with Crippen LogP contribution in [-0.2, 0) is 11.3 Å². The van der Waals surface area contributed by atoms with Crippen LogP contribution < -0.4 is 5.73 Å². The largest absolute Gasteiger partial charge is 0.384 e. The van der Waals surface area contributed by atoms with Crippen LogP contribution in [0.3, 0.4) is 0 Å². The number of nitrogens with one attached hydrogen (secondary N) is 1. The van der Waals surface area contributed by atoms with Gasteiger partial charge >= 0.3 is 0 Å². The molecule has 0 unspecified atom stereocenters. The Balaban J connectivity index is 2.13. The highest BCUT2D eigenvalue weighted by molar-refractivity contribution is 7.99. The van der Waals surface area contributed by atoms with E-state index in [2.05, 4.69) is 19.9 Å². The molecule has 0 fully saturated rings. The van der Waals surface area contributed by atoms with E-state index < -0.39 is 0 Å². The first-order valence-corrected chi connectivity index (χ1v) is 5.98. The van der Waals surface area contributed by atoms with Gasteiger partial charge < -0.3 is 15.5 Å². The molecule has 0 aliphatic rings. The Hall–Kier alpha value is -1.60. The molecule has 90 valence electrons. The molecule has 0 aromatic carbocycles. The number of H-pyrrole nitrogens is 1. The third kappa shape index (κ3) is 3.43. The van der Waals surface area contributed by atoms with E-state index in [1.165, 1.54) is 11.8 Å². The van der Waals surface area contributed by atoms with Crippen LogP contribution in [0.25, 0.3) is 0 Å². The first kappa shape index (κ1) is 11.9. The molecule has 0 radical (unpaired) electrons. The Morgan fingerprint density at radius 2 is 2.35 bits per heavy atom. The molecule has 2 heterocycles. The predicted octanol–water partition coefficient (Wildman–Crippen LogP) is 1.47. The number of anilines is 1. The van der Waals surface area contributed by atoms with Crippen LogP contribution in [0.2, 0.25) is 0 Å². The number of nitrogens with two attached hydrogens (primary N) is 1.